The third-order valence-corrected chi connectivity index (χ3v) is 4.46. The van der Waals surface area contributed by atoms with Gasteiger partial charge < -0.3 is 15.4 Å². The van der Waals surface area contributed by atoms with E-state index in [0.717, 1.165) is 12.3 Å². The minimum atomic E-state index is -3.74. The van der Waals surface area contributed by atoms with E-state index < -0.39 is 71.3 Å². The molecule has 3 rings (SSSR count). The second-order valence-electron chi connectivity index (χ2n) is 7.85. The van der Waals surface area contributed by atoms with Gasteiger partial charge in [0.1, 0.15) is 11.3 Å². The number of carbonyl (C=O) groups excluding carboxylic acids is 1. The molecule has 0 atom stereocenters. The number of benzene rings is 2. The lowest BCUT2D eigenvalue weighted by atomic mass is 9.79. The van der Waals surface area contributed by atoms with Gasteiger partial charge in [0, 0.05) is 41.2 Å². The van der Waals surface area contributed by atoms with Gasteiger partial charge in [0.15, 0.2) is 0 Å². The summed E-state index contributed by atoms with van der Waals surface area (Å²) in [5.74, 6) is -1.74. The van der Waals surface area contributed by atoms with Gasteiger partial charge >= 0.3 is 0 Å². The van der Waals surface area contributed by atoms with Crippen LogP contribution in [-0.2, 0) is 10.8 Å². The summed E-state index contributed by atoms with van der Waals surface area (Å²) >= 11 is 0. The Morgan fingerprint density at radius 2 is 1.83 bits per heavy atom. The molecule has 0 aliphatic heterocycles. The Morgan fingerprint density at radius 1 is 1.14 bits per heavy atom. The largest absolute Gasteiger partial charge is 0.508 e. The van der Waals surface area contributed by atoms with Crippen LogP contribution in [0.25, 0.3) is 10.9 Å². The van der Waals surface area contributed by atoms with Crippen molar-refractivity contribution in [2.24, 2.45) is 0 Å². The van der Waals surface area contributed by atoms with E-state index in [0.29, 0.717) is 5.52 Å². The van der Waals surface area contributed by atoms with Crippen molar-refractivity contribution < 1.29 is 23.6 Å². The molecule has 152 valence electrons. The molecule has 0 saturated carbocycles. The number of phenolic OH excluding ortho intramolecular Hbond substituents is 1. The molecule has 0 aliphatic carbocycles. The number of aromatic hydroxyl groups is 1. The van der Waals surface area contributed by atoms with Crippen LogP contribution < -0.4 is 10.7 Å². The van der Waals surface area contributed by atoms with Crippen molar-refractivity contribution in [2.45, 2.75) is 52.2 Å². The zero-order valence-electron chi connectivity index (χ0n) is 26.2. The molecule has 0 spiro atoms. The van der Waals surface area contributed by atoms with E-state index in [1.165, 1.54) is 6.07 Å². The zero-order valence-corrected chi connectivity index (χ0v) is 16.2. The molecule has 0 aliphatic rings. The summed E-state index contributed by atoms with van der Waals surface area (Å²) in [6.45, 7) is -6.57. The van der Waals surface area contributed by atoms with Crippen LogP contribution in [0.4, 0.5) is 5.69 Å². The maximum Gasteiger partial charge on any atom is 0.261 e. The molecule has 0 saturated heterocycles. The van der Waals surface area contributed by atoms with Crippen LogP contribution in [0.2, 0.25) is 0 Å². The van der Waals surface area contributed by atoms with Crippen LogP contribution >= 0.6 is 0 Å². The number of amides is 1. The monoisotopic (exact) mass is 402 g/mol. The standard InChI is InChI=1S/C24H28N2O3/c1-23(2,3)16-11-17(24(4,5)6)20(27)12-19(16)26-22(29)15-13-25-18-10-8-7-9-14(18)21(15)28/h7-13,27H,1-6H3,(H,25,28)(H,26,29)/i1D3,2D3,3D3,11D. The van der Waals surface area contributed by atoms with Crippen molar-refractivity contribution in [2.75, 3.05) is 5.32 Å². The van der Waals surface area contributed by atoms with Gasteiger partial charge in [0.05, 0.1) is 1.37 Å². The SMILES string of the molecule is [2H]c1c(C(C)(C)C)c(O)cc(NC(=O)c2c[nH]c3ccccc3c2=O)c1C(C([2H])([2H])[2H])(C([2H])([2H])[2H])C([2H])([2H])[2H]. The fraction of sp³-hybridized carbons (Fsp3) is 0.333. The second-order valence-corrected chi connectivity index (χ2v) is 7.85. The van der Waals surface area contributed by atoms with Gasteiger partial charge in [-0.15, -0.1) is 0 Å². The van der Waals surface area contributed by atoms with Gasteiger partial charge in [-0.25, -0.2) is 0 Å². The number of anilines is 1. The number of phenols is 1. The predicted octanol–water partition coefficient (Wildman–Crippen LogP) is 5.08. The van der Waals surface area contributed by atoms with Crippen LogP contribution in [-0.4, -0.2) is 16.0 Å². The summed E-state index contributed by atoms with van der Waals surface area (Å²) in [6.07, 6.45) is 1.09. The van der Waals surface area contributed by atoms with Crippen molar-refractivity contribution in [1.29, 1.82) is 0 Å². The Labute approximate surface area is 184 Å². The average Bonchev–Trinajstić information content (AvgIpc) is 2.72. The fourth-order valence-electron chi connectivity index (χ4n) is 3.03. The van der Waals surface area contributed by atoms with Crippen LogP contribution in [0.1, 0.15) is 76.5 Å². The number of para-hydroxylation sites is 1. The third kappa shape index (κ3) is 4.04. The lowest BCUT2D eigenvalue weighted by Gasteiger charge is -2.28. The van der Waals surface area contributed by atoms with E-state index in [4.69, 9.17) is 13.7 Å². The first kappa shape index (κ1) is 11.2. The van der Waals surface area contributed by atoms with E-state index in [1.807, 2.05) is 0 Å². The fourth-order valence-corrected chi connectivity index (χ4v) is 3.03. The van der Waals surface area contributed by atoms with Crippen LogP contribution in [0.5, 0.6) is 5.75 Å². The molecule has 3 N–H and O–H groups in total. The summed E-state index contributed by atoms with van der Waals surface area (Å²) in [5.41, 5.74) is -7.43. The molecule has 29 heavy (non-hydrogen) atoms. The number of nitrogens with one attached hydrogen (secondary N) is 2. The molecule has 0 bridgehead atoms. The lowest BCUT2D eigenvalue weighted by Crippen LogP contribution is -2.25. The lowest BCUT2D eigenvalue weighted by molar-refractivity contribution is 0.102. The molecule has 1 heterocycles. The summed E-state index contributed by atoms with van der Waals surface area (Å²) < 4.78 is 82.0. The van der Waals surface area contributed by atoms with Gasteiger partial charge in [0.2, 0.25) is 5.43 Å². The number of hydrogen-bond donors (Lipinski definition) is 3. The highest BCUT2D eigenvalue weighted by Gasteiger charge is 2.26. The van der Waals surface area contributed by atoms with Crippen molar-refractivity contribution in [3.05, 3.63) is 69.5 Å². The molecule has 0 unspecified atom stereocenters. The smallest absolute Gasteiger partial charge is 0.261 e. The van der Waals surface area contributed by atoms with E-state index in [1.54, 1.807) is 39.0 Å². The summed E-state index contributed by atoms with van der Waals surface area (Å²) in [7, 11) is 0. The Bertz CT molecular complexity index is 1460. The topological polar surface area (TPSA) is 82.2 Å². The van der Waals surface area contributed by atoms with Crippen molar-refractivity contribution >= 4 is 22.5 Å². The molecule has 0 fully saturated rings. The number of pyridine rings is 1. The first-order chi connectivity index (χ1) is 17.6. The van der Waals surface area contributed by atoms with Crippen LogP contribution in [0.15, 0.2) is 47.4 Å². The molecule has 0 radical (unpaired) electrons. The van der Waals surface area contributed by atoms with E-state index in [2.05, 4.69) is 10.3 Å². The van der Waals surface area contributed by atoms with Gasteiger partial charge in [-0.05, 0) is 40.1 Å². The van der Waals surface area contributed by atoms with Crippen molar-refractivity contribution in [3.63, 3.8) is 0 Å². The molecule has 5 heteroatoms. The average molecular weight is 403 g/mol. The van der Waals surface area contributed by atoms with Gasteiger partial charge in [-0.3, -0.25) is 9.59 Å². The highest BCUT2D eigenvalue weighted by molar-refractivity contribution is 6.06. The van der Waals surface area contributed by atoms with Gasteiger partial charge in [-0.2, -0.15) is 0 Å². The number of fused-ring (bicyclic) bond motifs is 1. The first-order valence-electron chi connectivity index (χ1n) is 13.9. The number of hydrogen-bond acceptors (Lipinski definition) is 3. The Kier molecular flexibility index (Phi) is 2.73. The minimum absolute atomic E-state index is 0.152. The van der Waals surface area contributed by atoms with Gasteiger partial charge in [-0.1, -0.05) is 53.5 Å². The quantitative estimate of drug-likeness (QED) is 0.559. The summed E-state index contributed by atoms with van der Waals surface area (Å²) in [5, 5.41) is 13.2. The summed E-state index contributed by atoms with van der Waals surface area (Å²) in [4.78, 5) is 29.1. The molecule has 1 amide bonds. The van der Waals surface area contributed by atoms with E-state index in [9.17, 15) is 14.7 Å². The number of H-pyrrole nitrogens is 1. The number of carbonyl (C=O) groups is 1. The minimum Gasteiger partial charge on any atom is -0.508 e. The first-order valence-corrected chi connectivity index (χ1v) is 8.86. The predicted molar refractivity (Wildman–Crippen MR) is 118 cm³/mol. The summed E-state index contributed by atoms with van der Waals surface area (Å²) in [6, 6.07) is 6.25. The molecule has 1 aromatic heterocycles. The number of rotatable bonds is 2. The Balaban J connectivity index is 2.45. The zero-order chi connectivity index (χ0) is 29.9. The molecule has 2 aromatic carbocycles. The van der Waals surface area contributed by atoms with Gasteiger partial charge in [0.25, 0.3) is 5.91 Å². The maximum atomic E-state index is 13.3. The maximum absolute atomic E-state index is 13.3. The Hall–Kier alpha value is -3.08. The van der Waals surface area contributed by atoms with E-state index in [-0.39, 0.29) is 10.9 Å². The number of aromatic amines is 1. The molecule has 5 nitrogen and oxygen atoms in total. The highest BCUT2D eigenvalue weighted by atomic mass is 16.3. The van der Waals surface area contributed by atoms with E-state index >= 15 is 0 Å². The highest BCUT2D eigenvalue weighted by Crippen LogP contribution is 2.39. The molecular weight excluding hydrogens is 364 g/mol. The van der Waals surface area contributed by atoms with Crippen molar-refractivity contribution in [1.82, 2.24) is 4.98 Å². The molecular formula is C24H28N2O3. The van der Waals surface area contributed by atoms with Crippen LogP contribution in [0, 0.1) is 0 Å². The normalized spacial score (nSPS) is 18.6. The molecule has 3 aromatic rings. The second kappa shape index (κ2) is 7.07. The number of aromatic nitrogens is 1. The van der Waals surface area contributed by atoms with Crippen LogP contribution in [0.3, 0.4) is 0 Å². The third-order valence-electron chi connectivity index (χ3n) is 4.46. The van der Waals surface area contributed by atoms with Crippen molar-refractivity contribution in [3.8, 4) is 5.75 Å². The Morgan fingerprint density at radius 3 is 2.48 bits per heavy atom.